The molecule has 0 saturated heterocycles. The lowest BCUT2D eigenvalue weighted by atomic mass is 9.85. The average molecular weight is 336 g/mol. The van der Waals surface area contributed by atoms with E-state index in [1.165, 1.54) is 0 Å². The maximum atomic E-state index is 13.1. The number of rotatable bonds is 4. The van der Waals surface area contributed by atoms with E-state index in [9.17, 15) is 26.8 Å². The molecule has 0 heterocycles. The number of Topliss-reactive ketones (excluding diaryl/α,β-unsaturated/α-hetero) is 1. The molecule has 2 fully saturated rings. The van der Waals surface area contributed by atoms with Gasteiger partial charge in [0.1, 0.15) is 5.78 Å². The summed E-state index contributed by atoms with van der Waals surface area (Å²) in [5.41, 5.74) is 0.743. The van der Waals surface area contributed by atoms with Gasteiger partial charge in [-0.2, -0.15) is 17.2 Å². The van der Waals surface area contributed by atoms with E-state index in [1.807, 2.05) is 0 Å². The second-order valence-electron chi connectivity index (χ2n) is 6.00. The van der Waals surface area contributed by atoms with Crippen LogP contribution in [-0.4, -0.2) is 36.6 Å². The van der Waals surface area contributed by atoms with Crippen LogP contribution in [0.3, 0.4) is 0 Å². The smallest absolute Gasteiger partial charge is 0.402 e. The maximum absolute atomic E-state index is 13.1. The van der Waals surface area contributed by atoms with Crippen LogP contribution in [0.25, 0.3) is 0 Å². The number of ketones is 1. The molecular weight excluding hydrogens is 322 g/mol. The van der Waals surface area contributed by atoms with Crippen LogP contribution in [-0.2, 0) is 24.4 Å². The molecule has 4 atom stereocenters. The van der Waals surface area contributed by atoms with Gasteiger partial charge in [-0.05, 0) is 25.2 Å². The number of alkyl halides is 2. The van der Waals surface area contributed by atoms with Crippen LogP contribution in [0.5, 0.6) is 0 Å². The van der Waals surface area contributed by atoms with Crippen molar-refractivity contribution in [2.75, 3.05) is 6.61 Å². The molecule has 0 amide bonds. The summed E-state index contributed by atoms with van der Waals surface area (Å²) in [6, 6.07) is 0. The zero-order valence-corrected chi connectivity index (χ0v) is 12.2. The largest absolute Gasteiger partial charge is 0.457 e. The fourth-order valence-electron chi connectivity index (χ4n) is 3.73. The second kappa shape index (κ2) is 4.82. The van der Waals surface area contributed by atoms with E-state index in [-0.39, 0.29) is 30.0 Å². The number of fused-ring (bicyclic) bond motifs is 1. The summed E-state index contributed by atoms with van der Waals surface area (Å²) in [5.74, 6) is -1.94. The van der Waals surface area contributed by atoms with Crippen molar-refractivity contribution in [3.8, 4) is 0 Å². The normalized spacial score (nSPS) is 33.8. The highest BCUT2D eigenvalue weighted by molar-refractivity contribution is 7.86. The Hall–Kier alpha value is -1.35. The van der Waals surface area contributed by atoms with E-state index in [4.69, 9.17) is 4.55 Å². The molecule has 0 aromatic carbocycles. The first-order chi connectivity index (χ1) is 10.1. The van der Waals surface area contributed by atoms with Crippen LogP contribution in [0, 0.1) is 23.7 Å². The molecule has 2 bridgehead atoms. The minimum absolute atomic E-state index is 0.000384. The van der Waals surface area contributed by atoms with E-state index in [0.717, 1.165) is 5.57 Å². The van der Waals surface area contributed by atoms with Crippen LogP contribution in [0.2, 0.25) is 0 Å². The Bertz CT molecular complexity index is 668. The minimum atomic E-state index is -5.64. The third-order valence-electron chi connectivity index (χ3n) is 4.79. The Labute approximate surface area is 125 Å². The molecule has 0 aromatic rings. The van der Waals surface area contributed by atoms with E-state index < -0.39 is 33.9 Å². The first-order valence-corrected chi connectivity index (χ1v) is 8.31. The quantitative estimate of drug-likeness (QED) is 0.470. The minimum Gasteiger partial charge on any atom is -0.457 e. The van der Waals surface area contributed by atoms with Crippen molar-refractivity contribution in [2.24, 2.45) is 23.7 Å². The van der Waals surface area contributed by atoms with Crippen molar-refractivity contribution < 1.29 is 36.1 Å². The first kappa shape index (κ1) is 15.5. The number of carbonyl (C=O) groups excluding carboxylic acids is 2. The Balaban J connectivity index is 1.70. The lowest BCUT2D eigenvalue weighted by Crippen LogP contribution is -2.36. The molecular formula is C13H14F2O6S. The van der Waals surface area contributed by atoms with Gasteiger partial charge in [0.2, 0.25) is 0 Å². The van der Waals surface area contributed by atoms with Gasteiger partial charge in [0.05, 0.1) is 5.92 Å². The standard InChI is InChI=1S/C13H14F2O6S/c14-13(15,22(18,19)20)5-21-12(17)10-4-9-8-3-6(11(9)16)1-2-7(8)10/h2,6,8-10H,1,3-5H2,(H,18,19,20). The Kier molecular flexibility index (Phi) is 3.41. The van der Waals surface area contributed by atoms with Gasteiger partial charge in [-0.1, -0.05) is 11.6 Å². The molecule has 1 N–H and O–H groups in total. The van der Waals surface area contributed by atoms with Gasteiger partial charge in [-0.3, -0.25) is 14.1 Å². The third-order valence-corrected chi connectivity index (χ3v) is 5.67. The molecule has 0 spiro atoms. The van der Waals surface area contributed by atoms with Gasteiger partial charge in [0.25, 0.3) is 0 Å². The molecule has 0 radical (unpaired) electrons. The van der Waals surface area contributed by atoms with Gasteiger partial charge >= 0.3 is 21.3 Å². The van der Waals surface area contributed by atoms with Gasteiger partial charge in [-0.15, -0.1) is 0 Å². The molecule has 3 aliphatic rings. The van der Waals surface area contributed by atoms with Crippen molar-refractivity contribution in [1.82, 2.24) is 0 Å². The molecule has 2 saturated carbocycles. The van der Waals surface area contributed by atoms with Crippen molar-refractivity contribution in [1.29, 1.82) is 0 Å². The Morgan fingerprint density at radius 2 is 2.05 bits per heavy atom. The molecule has 0 aromatic heterocycles. The third kappa shape index (κ3) is 2.26. The fraction of sp³-hybridized carbons (Fsp3) is 0.692. The van der Waals surface area contributed by atoms with Gasteiger partial charge < -0.3 is 4.74 Å². The number of carbonyl (C=O) groups is 2. The number of halogens is 2. The van der Waals surface area contributed by atoms with Gasteiger partial charge in [-0.25, -0.2) is 0 Å². The molecule has 4 unspecified atom stereocenters. The number of ether oxygens (including phenoxy) is 1. The molecule has 3 aliphatic carbocycles. The van der Waals surface area contributed by atoms with E-state index in [0.29, 0.717) is 12.8 Å². The zero-order valence-electron chi connectivity index (χ0n) is 11.4. The zero-order chi connectivity index (χ0) is 16.3. The van der Waals surface area contributed by atoms with E-state index >= 15 is 0 Å². The molecule has 3 rings (SSSR count). The summed E-state index contributed by atoms with van der Waals surface area (Å²) >= 11 is 0. The van der Waals surface area contributed by atoms with E-state index in [2.05, 4.69) is 4.74 Å². The predicted molar refractivity (Wildman–Crippen MR) is 68.4 cm³/mol. The SMILES string of the molecule is O=C(OCC(F)(F)S(=O)(=O)O)C1CC2C(=O)C3CC=C1C2C3. The Morgan fingerprint density at radius 3 is 2.68 bits per heavy atom. The number of esters is 1. The summed E-state index contributed by atoms with van der Waals surface area (Å²) in [7, 11) is -5.64. The molecule has 122 valence electrons. The average Bonchev–Trinajstić information content (AvgIpc) is 2.90. The van der Waals surface area contributed by atoms with Gasteiger partial charge in [0.15, 0.2) is 6.61 Å². The second-order valence-corrected chi connectivity index (χ2v) is 7.54. The highest BCUT2D eigenvalue weighted by Gasteiger charge is 2.55. The lowest BCUT2D eigenvalue weighted by Gasteiger charge is -2.21. The van der Waals surface area contributed by atoms with Crippen LogP contribution in [0.1, 0.15) is 19.3 Å². The van der Waals surface area contributed by atoms with Crippen molar-refractivity contribution in [3.05, 3.63) is 11.6 Å². The van der Waals surface area contributed by atoms with Crippen molar-refractivity contribution in [3.63, 3.8) is 0 Å². The topological polar surface area (TPSA) is 97.7 Å². The summed E-state index contributed by atoms with van der Waals surface area (Å²) in [6.07, 6.45) is 3.26. The molecule has 6 nitrogen and oxygen atoms in total. The lowest BCUT2D eigenvalue weighted by molar-refractivity contribution is -0.153. The molecule has 0 aliphatic heterocycles. The van der Waals surface area contributed by atoms with E-state index in [1.54, 1.807) is 6.08 Å². The first-order valence-electron chi connectivity index (χ1n) is 6.87. The van der Waals surface area contributed by atoms with Crippen LogP contribution in [0.4, 0.5) is 8.78 Å². The number of hydrogen-bond acceptors (Lipinski definition) is 5. The summed E-state index contributed by atoms with van der Waals surface area (Å²) in [4.78, 5) is 24.0. The fourth-order valence-corrected chi connectivity index (χ4v) is 3.94. The van der Waals surface area contributed by atoms with Gasteiger partial charge in [0, 0.05) is 11.8 Å². The van der Waals surface area contributed by atoms with Crippen LogP contribution < -0.4 is 0 Å². The summed E-state index contributed by atoms with van der Waals surface area (Å²) < 4.78 is 59.9. The Morgan fingerprint density at radius 1 is 1.36 bits per heavy atom. The summed E-state index contributed by atoms with van der Waals surface area (Å²) in [6.45, 7) is -1.74. The maximum Gasteiger partial charge on any atom is 0.402 e. The highest BCUT2D eigenvalue weighted by atomic mass is 32.2. The van der Waals surface area contributed by atoms with Crippen molar-refractivity contribution >= 4 is 21.9 Å². The summed E-state index contributed by atoms with van der Waals surface area (Å²) in [5, 5.41) is -4.54. The monoisotopic (exact) mass is 336 g/mol. The number of hydrogen-bond donors (Lipinski definition) is 1. The van der Waals surface area contributed by atoms with Crippen LogP contribution in [0.15, 0.2) is 11.6 Å². The predicted octanol–water partition coefficient (Wildman–Crippen LogP) is 1.18. The van der Waals surface area contributed by atoms with Crippen LogP contribution >= 0.6 is 0 Å². The van der Waals surface area contributed by atoms with Crippen molar-refractivity contribution in [2.45, 2.75) is 24.5 Å². The number of allylic oxidation sites excluding steroid dienone is 1. The highest BCUT2D eigenvalue weighted by Crippen LogP contribution is 2.54. The molecule has 22 heavy (non-hydrogen) atoms. The molecule has 9 heteroatoms.